The summed E-state index contributed by atoms with van der Waals surface area (Å²) in [5.41, 5.74) is 3.92. The number of hydrazine groups is 1. The number of hydrogen-bond acceptors (Lipinski definition) is 3. The summed E-state index contributed by atoms with van der Waals surface area (Å²) in [5, 5.41) is 0.976. The minimum atomic E-state index is -0.430. The van der Waals surface area contributed by atoms with Gasteiger partial charge < -0.3 is 0 Å². The van der Waals surface area contributed by atoms with Crippen molar-refractivity contribution in [3.63, 3.8) is 0 Å². The molecule has 3 N–H and O–H groups in total. The number of nitrogens with one attached hydrogen (secondary N) is 1. The lowest BCUT2D eigenvalue weighted by Gasteiger charge is -2.17. The molecule has 2 aromatic rings. The van der Waals surface area contributed by atoms with Crippen LogP contribution in [0.15, 0.2) is 36.7 Å². The third kappa shape index (κ3) is 2.97. The molecule has 1 unspecified atom stereocenters. The van der Waals surface area contributed by atoms with Gasteiger partial charge in [0.1, 0.15) is 5.82 Å². The highest BCUT2D eigenvalue weighted by molar-refractivity contribution is 6.34. The topological polar surface area (TPSA) is 50.9 Å². The Balaban J connectivity index is 2.45. The second-order valence-electron chi connectivity index (χ2n) is 3.74. The Morgan fingerprint density at radius 3 is 2.28 bits per heavy atom. The summed E-state index contributed by atoms with van der Waals surface area (Å²) in [5.74, 6) is 5.07. The van der Waals surface area contributed by atoms with Crippen LogP contribution >= 0.6 is 23.2 Å². The Kier molecular flexibility index (Phi) is 4.14. The minimum absolute atomic E-state index is 0.426. The van der Waals surface area contributed by atoms with Crippen LogP contribution in [0.4, 0.5) is 4.39 Å². The maximum absolute atomic E-state index is 13.2. The fourth-order valence-corrected chi connectivity index (χ4v) is 2.26. The number of pyridine rings is 1. The first-order chi connectivity index (χ1) is 8.60. The van der Waals surface area contributed by atoms with E-state index in [-0.39, 0.29) is 0 Å². The van der Waals surface area contributed by atoms with E-state index in [2.05, 4.69) is 10.4 Å². The van der Waals surface area contributed by atoms with Crippen LogP contribution in [-0.4, -0.2) is 4.98 Å². The second kappa shape index (κ2) is 5.63. The van der Waals surface area contributed by atoms with Crippen LogP contribution in [-0.2, 0) is 0 Å². The molecule has 0 saturated carbocycles. The number of nitrogens with zero attached hydrogens (tertiary/aromatic N) is 1. The SMILES string of the molecule is NNC(c1cncc(F)c1)c1cc(Cl)cc(Cl)c1. The van der Waals surface area contributed by atoms with Crippen molar-refractivity contribution in [1.29, 1.82) is 0 Å². The molecule has 0 amide bonds. The van der Waals surface area contributed by atoms with Gasteiger partial charge in [-0.15, -0.1) is 0 Å². The Morgan fingerprint density at radius 1 is 1.06 bits per heavy atom. The molecule has 1 atom stereocenters. The normalized spacial score (nSPS) is 12.4. The zero-order valence-electron chi connectivity index (χ0n) is 9.20. The molecular weight excluding hydrogens is 276 g/mol. The van der Waals surface area contributed by atoms with Gasteiger partial charge in [0, 0.05) is 16.2 Å². The van der Waals surface area contributed by atoms with E-state index in [9.17, 15) is 4.39 Å². The van der Waals surface area contributed by atoms with Crippen LogP contribution in [0.25, 0.3) is 0 Å². The predicted molar refractivity (Wildman–Crippen MR) is 69.8 cm³/mol. The van der Waals surface area contributed by atoms with Crippen LogP contribution in [0.5, 0.6) is 0 Å². The Bertz CT molecular complexity index is 543. The van der Waals surface area contributed by atoms with E-state index in [1.807, 2.05) is 0 Å². The van der Waals surface area contributed by atoms with Crippen molar-refractivity contribution in [3.8, 4) is 0 Å². The number of halogens is 3. The molecule has 18 heavy (non-hydrogen) atoms. The molecule has 3 nitrogen and oxygen atoms in total. The van der Waals surface area contributed by atoms with Crippen LogP contribution in [0.2, 0.25) is 10.0 Å². The average molecular weight is 286 g/mol. The average Bonchev–Trinajstić information content (AvgIpc) is 2.28. The van der Waals surface area contributed by atoms with Crippen LogP contribution < -0.4 is 11.3 Å². The fraction of sp³-hybridized carbons (Fsp3) is 0.0833. The number of aromatic nitrogens is 1. The molecule has 0 fully saturated rings. The molecule has 0 aliphatic rings. The molecule has 6 heteroatoms. The Hall–Kier alpha value is -1.20. The van der Waals surface area contributed by atoms with E-state index < -0.39 is 11.9 Å². The summed E-state index contributed by atoms with van der Waals surface area (Å²) in [6.07, 6.45) is 2.66. The summed E-state index contributed by atoms with van der Waals surface area (Å²) in [6.45, 7) is 0. The standard InChI is InChI=1S/C12H10Cl2FN3/c13-9-1-7(2-10(14)4-9)12(18-16)8-3-11(15)6-17-5-8/h1-6,12,18H,16H2. The van der Waals surface area contributed by atoms with Crippen molar-refractivity contribution in [2.24, 2.45) is 5.84 Å². The van der Waals surface area contributed by atoms with Gasteiger partial charge in [-0.25, -0.2) is 9.82 Å². The summed E-state index contributed by atoms with van der Waals surface area (Å²) < 4.78 is 13.2. The van der Waals surface area contributed by atoms with Gasteiger partial charge in [-0.3, -0.25) is 10.8 Å². The molecule has 2 rings (SSSR count). The summed E-state index contributed by atoms with van der Waals surface area (Å²) >= 11 is 11.9. The van der Waals surface area contributed by atoms with Gasteiger partial charge in [0.05, 0.1) is 12.2 Å². The van der Waals surface area contributed by atoms with Crippen LogP contribution in [0.3, 0.4) is 0 Å². The fourth-order valence-electron chi connectivity index (χ4n) is 1.71. The molecule has 0 spiro atoms. The molecule has 1 heterocycles. The van der Waals surface area contributed by atoms with E-state index in [0.717, 1.165) is 11.8 Å². The number of nitrogens with two attached hydrogens (primary N) is 1. The number of hydrogen-bond donors (Lipinski definition) is 2. The van der Waals surface area contributed by atoms with Gasteiger partial charge in [-0.2, -0.15) is 0 Å². The maximum atomic E-state index is 13.2. The van der Waals surface area contributed by atoms with Gasteiger partial charge >= 0.3 is 0 Å². The molecule has 0 aliphatic heterocycles. The first kappa shape index (κ1) is 13.2. The van der Waals surface area contributed by atoms with E-state index in [0.29, 0.717) is 15.6 Å². The third-order valence-corrected chi connectivity index (χ3v) is 2.88. The highest BCUT2D eigenvalue weighted by Crippen LogP contribution is 2.27. The van der Waals surface area contributed by atoms with Gasteiger partial charge in [0.15, 0.2) is 0 Å². The Labute approximate surface area is 114 Å². The monoisotopic (exact) mass is 285 g/mol. The summed E-state index contributed by atoms with van der Waals surface area (Å²) in [7, 11) is 0. The first-order valence-electron chi connectivity index (χ1n) is 5.12. The molecule has 0 bridgehead atoms. The zero-order chi connectivity index (χ0) is 13.1. The zero-order valence-corrected chi connectivity index (χ0v) is 10.7. The summed E-state index contributed by atoms with van der Waals surface area (Å²) in [4.78, 5) is 3.79. The largest absolute Gasteiger partial charge is 0.271 e. The van der Waals surface area contributed by atoms with Crippen LogP contribution in [0, 0.1) is 5.82 Å². The quantitative estimate of drug-likeness (QED) is 0.673. The summed E-state index contributed by atoms with van der Waals surface area (Å²) in [6, 6.07) is 5.96. The van der Waals surface area contributed by atoms with E-state index >= 15 is 0 Å². The van der Waals surface area contributed by atoms with Gasteiger partial charge in [0.25, 0.3) is 0 Å². The first-order valence-corrected chi connectivity index (χ1v) is 5.88. The van der Waals surface area contributed by atoms with Gasteiger partial charge in [0.2, 0.25) is 0 Å². The highest BCUT2D eigenvalue weighted by atomic mass is 35.5. The smallest absolute Gasteiger partial charge is 0.141 e. The van der Waals surface area contributed by atoms with Crippen LogP contribution in [0.1, 0.15) is 17.2 Å². The maximum Gasteiger partial charge on any atom is 0.141 e. The van der Waals surface area contributed by atoms with E-state index in [4.69, 9.17) is 29.0 Å². The van der Waals surface area contributed by atoms with Crippen molar-refractivity contribution >= 4 is 23.2 Å². The molecule has 0 saturated heterocycles. The lowest BCUT2D eigenvalue weighted by atomic mass is 10.0. The van der Waals surface area contributed by atoms with Crippen molar-refractivity contribution in [2.45, 2.75) is 6.04 Å². The van der Waals surface area contributed by atoms with Crippen molar-refractivity contribution < 1.29 is 4.39 Å². The van der Waals surface area contributed by atoms with Gasteiger partial charge in [-0.1, -0.05) is 23.2 Å². The number of rotatable bonds is 3. The lowest BCUT2D eigenvalue weighted by Crippen LogP contribution is -2.29. The van der Waals surface area contributed by atoms with E-state index in [1.54, 1.807) is 18.2 Å². The van der Waals surface area contributed by atoms with Gasteiger partial charge in [-0.05, 0) is 35.4 Å². The highest BCUT2D eigenvalue weighted by Gasteiger charge is 2.14. The third-order valence-electron chi connectivity index (χ3n) is 2.44. The minimum Gasteiger partial charge on any atom is -0.271 e. The van der Waals surface area contributed by atoms with Crippen molar-refractivity contribution in [3.05, 3.63) is 63.6 Å². The molecule has 1 aromatic carbocycles. The molecular formula is C12H10Cl2FN3. The van der Waals surface area contributed by atoms with E-state index in [1.165, 1.54) is 12.3 Å². The van der Waals surface area contributed by atoms with Crippen molar-refractivity contribution in [2.75, 3.05) is 0 Å². The van der Waals surface area contributed by atoms with Crippen molar-refractivity contribution in [1.82, 2.24) is 10.4 Å². The lowest BCUT2D eigenvalue weighted by molar-refractivity contribution is 0.598. The number of benzene rings is 1. The second-order valence-corrected chi connectivity index (χ2v) is 4.61. The molecule has 94 valence electrons. The molecule has 1 aromatic heterocycles. The predicted octanol–water partition coefficient (Wildman–Crippen LogP) is 3.08. The molecule has 0 radical (unpaired) electrons. The molecule has 0 aliphatic carbocycles. The Morgan fingerprint density at radius 2 is 1.72 bits per heavy atom.